The topological polar surface area (TPSA) is 40.9 Å². The molecular formula is C17H15NOS. The molecule has 0 fully saturated rings. The zero-order valence-electron chi connectivity index (χ0n) is 11.2. The smallest absolute Gasteiger partial charge is 0.138 e. The van der Waals surface area contributed by atoms with Gasteiger partial charge in [-0.2, -0.15) is 5.26 Å². The van der Waals surface area contributed by atoms with Gasteiger partial charge in [0.1, 0.15) is 12.2 Å². The largest absolute Gasteiger partial charge is 0.302 e. The van der Waals surface area contributed by atoms with Crippen molar-refractivity contribution >= 4 is 18.0 Å². The Balaban J connectivity index is 2.32. The summed E-state index contributed by atoms with van der Waals surface area (Å²) >= 11 is 1.55. The number of hydrogen-bond acceptors (Lipinski definition) is 3. The Morgan fingerprint density at radius 3 is 2.30 bits per heavy atom. The van der Waals surface area contributed by atoms with Crippen molar-refractivity contribution in [2.24, 2.45) is 5.92 Å². The average molecular weight is 281 g/mol. The van der Waals surface area contributed by atoms with E-state index in [-0.39, 0.29) is 5.25 Å². The van der Waals surface area contributed by atoms with E-state index >= 15 is 0 Å². The summed E-state index contributed by atoms with van der Waals surface area (Å²) in [5.74, 6) is -0.650. The van der Waals surface area contributed by atoms with Crippen LogP contribution in [-0.4, -0.2) is 6.29 Å². The molecule has 0 aliphatic rings. The minimum Gasteiger partial charge on any atom is -0.302 e. The third-order valence-corrected chi connectivity index (χ3v) is 4.40. The second kappa shape index (κ2) is 6.93. The lowest BCUT2D eigenvalue weighted by molar-refractivity contribution is -0.109. The summed E-state index contributed by atoms with van der Waals surface area (Å²) in [6.45, 7) is 2.02. The molecule has 0 amide bonds. The number of rotatable bonds is 5. The van der Waals surface area contributed by atoms with Crippen molar-refractivity contribution in [3.63, 3.8) is 0 Å². The monoisotopic (exact) mass is 281 g/mol. The van der Waals surface area contributed by atoms with Crippen molar-refractivity contribution < 1.29 is 4.79 Å². The zero-order valence-corrected chi connectivity index (χ0v) is 12.0. The van der Waals surface area contributed by atoms with Crippen LogP contribution in [0.25, 0.3) is 0 Å². The molecule has 2 nitrogen and oxygen atoms in total. The zero-order chi connectivity index (χ0) is 14.4. The Morgan fingerprint density at radius 1 is 1.10 bits per heavy atom. The van der Waals surface area contributed by atoms with Gasteiger partial charge in [-0.1, -0.05) is 48.0 Å². The highest BCUT2D eigenvalue weighted by Crippen LogP contribution is 2.39. The number of hydrogen-bond donors (Lipinski definition) is 0. The van der Waals surface area contributed by atoms with E-state index in [0.29, 0.717) is 0 Å². The maximum Gasteiger partial charge on any atom is 0.138 e. The van der Waals surface area contributed by atoms with Crippen molar-refractivity contribution in [3.05, 3.63) is 65.7 Å². The molecule has 2 aromatic rings. The Hall–Kier alpha value is -2.05. The van der Waals surface area contributed by atoms with Crippen molar-refractivity contribution in [2.45, 2.75) is 17.1 Å². The van der Waals surface area contributed by atoms with Gasteiger partial charge in [-0.3, -0.25) is 0 Å². The molecule has 2 atom stereocenters. The molecule has 0 aromatic heterocycles. The highest BCUT2D eigenvalue weighted by molar-refractivity contribution is 7.99. The molecule has 0 saturated carbocycles. The first kappa shape index (κ1) is 14.4. The van der Waals surface area contributed by atoms with E-state index in [0.717, 1.165) is 22.3 Å². The van der Waals surface area contributed by atoms with E-state index in [1.54, 1.807) is 11.8 Å². The van der Waals surface area contributed by atoms with Crippen LogP contribution in [0.1, 0.15) is 16.4 Å². The molecule has 0 heterocycles. The van der Waals surface area contributed by atoms with Crippen LogP contribution in [0.4, 0.5) is 0 Å². The van der Waals surface area contributed by atoms with Crippen molar-refractivity contribution in [2.75, 3.05) is 0 Å². The lowest BCUT2D eigenvalue weighted by atomic mass is 10.0. The highest BCUT2D eigenvalue weighted by Gasteiger charge is 2.23. The second-order valence-corrected chi connectivity index (χ2v) is 5.77. The normalized spacial score (nSPS) is 13.2. The molecule has 0 unspecified atom stereocenters. The van der Waals surface area contributed by atoms with E-state index in [1.165, 1.54) is 0 Å². The van der Waals surface area contributed by atoms with E-state index < -0.39 is 5.92 Å². The van der Waals surface area contributed by atoms with Crippen LogP contribution in [-0.2, 0) is 4.79 Å². The fraction of sp³-hybridized carbons (Fsp3) is 0.176. The molecule has 0 spiro atoms. The third-order valence-electron chi connectivity index (χ3n) is 3.03. The van der Waals surface area contributed by atoms with Crippen LogP contribution >= 0.6 is 11.8 Å². The number of nitrogens with zero attached hydrogens (tertiary/aromatic N) is 1. The van der Waals surface area contributed by atoms with Crippen LogP contribution in [0.2, 0.25) is 0 Å². The van der Waals surface area contributed by atoms with Gasteiger partial charge in [0.2, 0.25) is 0 Å². The molecule has 2 aromatic carbocycles. The highest BCUT2D eigenvalue weighted by atomic mass is 32.2. The van der Waals surface area contributed by atoms with Gasteiger partial charge in [0.25, 0.3) is 0 Å². The maximum absolute atomic E-state index is 11.2. The molecule has 0 radical (unpaired) electrons. The fourth-order valence-corrected chi connectivity index (χ4v) is 3.09. The molecule has 0 aliphatic carbocycles. The van der Waals surface area contributed by atoms with Crippen LogP contribution in [0.3, 0.4) is 0 Å². The first-order valence-corrected chi connectivity index (χ1v) is 7.25. The molecule has 0 bridgehead atoms. The van der Waals surface area contributed by atoms with Crippen LogP contribution < -0.4 is 0 Å². The Kier molecular flexibility index (Phi) is 4.97. The van der Waals surface area contributed by atoms with Crippen LogP contribution in [0.15, 0.2) is 59.5 Å². The minimum atomic E-state index is -0.650. The first-order valence-electron chi connectivity index (χ1n) is 6.38. The predicted molar refractivity (Wildman–Crippen MR) is 81.4 cm³/mol. The second-order valence-electron chi connectivity index (χ2n) is 4.55. The Bertz CT molecular complexity index is 601. The fourth-order valence-electron chi connectivity index (χ4n) is 1.92. The van der Waals surface area contributed by atoms with E-state index in [2.05, 4.69) is 6.07 Å². The van der Waals surface area contributed by atoms with Gasteiger partial charge < -0.3 is 4.79 Å². The van der Waals surface area contributed by atoms with E-state index in [4.69, 9.17) is 0 Å². The molecule has 2 rings (SSSR count). The summed E-state index contributed by atoms with van der Waals surface area (Å²) in [5, 5.41) is 9.02. The van der Waals surface area contributed by atoms with E-state index in [9.17, 15) is 10.1 Å². The Morgan fingerprint density at radius 2 is 1.75 bits per heavy atom. The third kappa shape index (κ3) is 3.49. The van der Waals surface area contributed by atoms with Crippen molar-refractivity contribution in [1.82, 2.24) is 0 Å². The maximum atomic E-state index is 11.2. The minimum absolute atomic E-state index is 0.180. The molecule has 0 N–H and O–H groups in total. The molecular weight excluding hydrogens is 266 g/mol. The van der Waals surface area contributed by atoms with Crippen molar-refractivity contribution in [1.29, 1.82) is 5.26 Å². The van der Waals surface area contributed by atoms with Crippen LogP contribution in [0, 0.1) is 24.2 Å². The average Bonchev–Trinajstić information content (AvgIpc) is 2.49. The lowest BCUT2D eigenvalue weighted by Crippen LogP contribution is -2.09. The van der Waals surface area contributed by atoms with Gasteiger partial charge in [0, 0.05) is 4.90 Å². The van der Waals surface area contributed by atoms with Gasteiger partial charge in [-0.05, 0) is 24.6 Å². The van der Waals surface area contributed by atoms with Gasteiger partial charge in [-0.15, -0.1) is 11.8 Å². The van der Waals surface area contributed by atoms with Gasteiger partial charge in [0.05, 0.1) is 11.3 Å². The SMILES string of the molecule is Cc1ccc([C@@H](Sc2ccccc2)[C@H](C#N)C=O)cc1. The van der Waals surface area contributed by atoms with Crippen molar-refractivity contribution in [3.8, 4) is 6.07 Å². The van der Waals surface area contributed by atoms with Gasteiger partial charge >= 0.3 is 0 Å². The summed E-state index contributed by atoms with van der Waals surface area (Å²) in [6.07, 6.45) is 0.737. The Labute approximate surface area is 123 Å². The number of aldehydes is 1. The molecule has 0 aliphatic heterocycles. The summed E-state index contributed by atoms with van der Waals surface area (Å²) < 4.78 is 0. The lowest BCUT2D eigenvalue weighted by Gasteiger charge is -2.18. The summed E-state index contributed by atoms with van der Waals surface area (Å²) in [6, 6.07) is 19.9. The number of carbonyl (C=O) groups excluding carboxylic acids is 1. The summed E-state index contributed by atoms with van der Waals surface area (Å²) in [5.41, 5.74) is 2.17. The van der Waals surface area contributed by atoms with E-state index in [1.807, 2.05) is 61.5 Å². The predicted octanol–water partition coefficient (Wildman–Crippen LogP) is 4.17. The molecule has 0 saturated heterocycles. The molecule has 20 heavy (non-hydrogen) atoms. The summed E-state index contributed by atoms with van der Waals surface area (Å²) in [4.78, 5) is 12.2. The van der Waals surface area contributed by atoms with Crippen LogP contribution in [0.5, 0.6) is 0 Å². The summed E-state index contributed by atoms with van der Waals surface area (Å²) in [7, 11) is 0. The molecule has 100 valence electrons. The first-order chi connectivity index (χ1) is 9.74. The number of thioether (sulfide) groups is 1. The van der Waals surface area contributed by atoms with Gasteiger partial charge in [-0.25, -0.2) is 0 Å². The quantitative estimate of drug-likeness (QED) is 0.610. The standard InChI is InChI=1S/C17H15NOS/c1-13-7-9-14(10-8-13)17(15(11-18)12-19)20-16-5-3-2-4-6-16/h2-10,12,15,17H,1H3/t15-,17-/m1/s1. The number of benzene rings is 2. The number of carbonyl (C=O) groups is 1. The molecule has 3 heteroatoms. The van der Waals surface area contributed by atoms with Gasteiger partial charge in [0.15, 0.2) is 0 Å². The number of aryl methyl sites for hydroxylation is 1. The number of nitriles is 1.